The highest BCUT2D eigenvalue weighted by molar-refractivity contribution is 5.94. The number of rotatable bonds is 4. The number of anilines is 2. The summed E-state index contributed by atoms with van der Waals surface area (Å²) in [4.78, 5) is 14.8. The molecule has 120 valence electrons. The van der Waals surface area contributed by atoms with Gasteiger partial charge in [-0.15, -0.1) is 0 Å². The van der Waals surface area contributed by atoms with Crippen LogP contribution in [0.5, 0.6) is 0 Å². The van der Waals surface area contributed by atoms with Crippen molar-refractivity contribution in [3.8, 4) is 0 Å². The fourth-order valence-corrected chi connectivity index (χ4v) is 3.54. The minimum absolute atomic E-state index is 0.163. The van der Waals surface area contributed by atoms with Crippen LogP contribution in [0.25, 0.3) is 0 Å². The Hall–Kier alpha value is -1.55. The predicted molar refractivity (Wildman–Crippen MR) is 91.3 cm³/mol. The minimum Gasteiger partial charge on any atom is -0.370 e. The molecule has 0 radical (unpaired) electrons. The Bertz CT molecular complexity index is 491. The lowest BCUT2D eigenvalue weighted by Gasteiger charge is -2.30. The predicted octanol–water partition coefficient (Wildman–Crippen LogP) is 3.01. The van der Waals surface area contributed by atoms with Crippen LogP contribution in [0.15, 0.2) is 24.3 Å². The number of hydrogen-bond donors (Lipinski definition) is 2. The Morgan fingerprint density at radius 2 is 1.86 bits per heavy atom. The molecule has 0 aliphatic carbocycles. The highest BCUT2D eigenvalue weighted by Gasteiger charge is 2.19. The van der Waals surface area contributed by atoms with E-state index in [0.29, 0.717) is 12.3 Å². The summed E-state index contributed by atoms with van der Waals surface area (Å²) in [7, 11) is 0. The Labute approximate surface area is 133 Å². The number of nitrogens with zero attached hydrogens (tertiary/aromatic N) is 1. The van der Waals surface area contributed by atoms with E-state index in [4.69, 9.17) is 0 Å². The van der Waals surface area contributed by atoms with E-state index in [0.717, 1.165) is 44.7 Å². The molecule has 1 aromatic rings. The molecule has 0 unspecified atom stereocenters. The quantitative estimate of drug-likeness (QED) is 0.898. The van der Waals surface area contributed by atoms with Crippen LogP contribution < -0.4 is 15.5 Å². The minimum atomic E-state index is 0.163. The molecule has 0 saturated carbocycles. The van der Waals surface area contributed by atoms with Gasteiger partial charge >= 0.3 is 0 Å². The smallest absolute Gasteiger partial charge is 0.224 e. The normalized spacial score (nSPS) is 19.9. The summed E-state index contributed by atoms with van der Waals surface area (Å²) in [6.07, 6.45) is 6.69. The lowest BCUT2D eigenvalue weighted by molar-refractivity contribution is -0.117. The maximum absolute atomic E-state index is 12.4. The van der Waals surface area contributed by atoms with Gasteiger partial charge in [0.15, 0.2) is 0 Å². The van der Waals surface area contributed by atoms with Crippen LogP contribution in [0.4, 0.5) is 11.4 Å². The fourth-order valence-electron chi connectivity index (χ4n) is 3.54. The number of carbonyl (C=O) groups excluding carboxylic acids is 1. The summed E-state index contributed by atoms with van der Waals surface area (Å²) in [5.41, 5.74) is 2.16. The van der Waals surface area contributed by atoms with E-state index in [9.17, 15) is 4.79 Å². The highest BCUT2D eigenvalue weighted by Crippen LogP contribution is 2.28. The Balaban J connectivity index is 1.62. The molecule has 22 heavy (non-hydrogen) atoms. The molecule has 0 bridgehead atoms. The van der Waals surface area contributed by atoms with Crippen molar-refractivity contribution in [2.75, 3.05) is 36.4 Å². The SMILES string of the molecule is O=C(CC1CCNCC1)Nc1ccccc1N1CCCCC1. The van der Waals surface area contributed by atoms with Gasteiger partial charge in [0.1, 0.15) is 0 Å². The van der Waals surface area contributed by atoms with Gasteiger partial charge in [0.2, 0.25) is 5.91 Å². The molecule has 2 N–H and O–H groups in total. The van der Waals surface area contributed by atoms with Crippen molar-refractivity contribution in [1.29, 1.82) is 0 Å². The third-order valence-electron chi connectivity index (χ3n) is 4.81. The number of nitrogens with one attached hydrogen (secondary N) is 2. The third-order valence-corrected chi connectivity index (χ3v) is 4.81. The van der Waals surface area contributed by atoms with Gasteiger partial charge in [-0.05, 0) is 63.2 Å². The monoisotopic (exact) mass is 301 g/mol. The molecular weight excluding hydrogens is 274 g/mol. The van der Waals surface area contributed by atoms with Gasteiger partial charge in [0, 0.05) is 19.5 Å². The molecule has 0 spiro atoms. The van der Waals surface area contributed by atoms with Crippen LogP contribution in [-0.4, -0.2) is 32.1 Å². The van der Waals surface area contributed by atoms with Crippen molar-refractivity contribution in [2.45, 2.75) is 38.5 Å². The zero-order chi connectivity index (χ0) is 15.2. The maximum Gasteiger partial charge on any atom is 0.224 e. The number of amides is 1. The second kappa shape index (κ2) is 7.63. The first-order chi connectivity index (χ1) is 10.8. The standard InChI is InChI=1S/C18H27N3O/c22-18(14-15-8-10-19-11-9-15)20-16-6-2-3-7-17(16)21-12-4-1-5-13-21/h2-3,6-7,15,19H,1,4-5,8-14H2,(H,20,22). The molecule has 4 nitrogen and oxygen atoms in total. The second-order valence-corrected chi connectivity index (χ2v) is 6.51. The molecule has 1 aromatic carbocycles. The van der Waals surface area contributed by atoms with Crippen molar-refractivity contribution in [3.63, 3.8) is 0 Å². The summed E-state index contributed by atoms with van der Waals surface area (Å²) in [6, 6.07) is 8.23. The molecule has 4 heteroatoms. The number of piperidine rings is 2. The molecule has 1 amide bonds. The largest absolute Gasteiger partial charge is 0.370 e. The molecule has 2 heterocycles. The first kappa shape index (κ1) is 15.3. The van der Waals surface area contributed by atoms with Crippen LogP contribution in [0.3, 0.4) is 0 Å². The fraction of sp³-hybridized carbons (Fsp3) is 0.611. The van der Waals surface area contributed by atoms with E-state index >= 15 is 0 Å². The zero-order valence-corrected chi connectivity index (χ0v) is 13.3. The first-order valence-electron chi connectivity index (χ1n) is 8.67. The van der Waals surface area contributed by atoms with Crippen molar-refractivity contribution in [3.05, 3.63) is 24.3 Å². The van der Waals surface area contributed by atoms with Crippen molar-refractivity contribution >= 4 is 17.3 Å². The highest BCUT2D eigenvalue weighted by atomic mass is 16.1. The van der Waals surface area contributed by atoms with Crippen LogP contribution in [-0.2, 0) is 4.79 Å². The van der Waals surface area contributed by atoms with Crippen molar-refractivity contribution in [2.24, 2.45) is 5.92 Å². The molecule has 2 saturated heterocycles. The average Bonchev–Trinajstić information content (AvgIpc) is 2.57. The van der Waals surface area contributed by atoms with E-state index in [1.165, 1.54) is 24.9 Å². The second-order valence-electron chi connectivity index (χ2n) is 6.51. The van der Waals surface area contributed by atoms with Gasteiger partial charge in [-0.2, -0.15) is 0 Å². The summed E-state index contributed by atoms with van der Waals surface area (Å²) in [5.74, 6) is 0.694. The molecule has 2 aliphatic heterocycles. The Kier molecular flexibility index (Phi) is 5.33. The van der Waals surface area contributed by atoms with Gasteiger partial charge < -0.3 is 15.5 Å². The first-order valence-corrected chi connectivity index (χ1v) is 8.67. The van der Waals surface area contributed by atoms with Crippen LogP contribution in [0.2, 0.25) is 0 Å². The lowest BCUT2D eigenvalue weighted by Crippen LogP contribution is -2.31. The van der Waals surface area contributed by atoms with E-state index in [1.54, 1.807) is 0 Å². The van der Waals surface area contributed by atoms with Crippen LogP contribution >= 0.6 is 0 Å². The lowest BCUT2D eigenvalue weighted by atomic mass is 9.94. The van der Waals surface area contributed by atoms with Gasteiger partial charge in [-0.1, -0.05) is 12.1 Å². The summed E-state index contributed by atoms with van der Waals surface area (Å²) in [6.45, 7) is 4.28. The molecule has 2 aliphatic rings. The van der Waals surface area contributed by atoms with Crippen LogP contribution in [0.1, 0.15) is 38.5 Å². The number of benzene rings is 1. The van der Waals surface area contributed by atoms with E-state index in [1.807, 2.05) is 12.1 Å². The van der Waals surface area contributed by atoms with Crippen LogP contribution in [0, 0.1) is 5.92 Å². The Morgan fingerprint density at radius 1 is 1.14 bits per heavy atom. The number of carbonyl (C=O) groups is 1. The average molecular weight is 301 g/mol. The van der Waals surface area contributed by atoms with Gasteiger partial charge in [0.05, 0.1) is 11.4 Å². The van der Waals surface area contributed by atoms with Crippen molar-refractivity contribution in [1.82, 2.24) is 5.32 Å². The molecule has 0 atom stereocenters. The van der Waals surface area contributed by atoms with Gasteiger partial charge in [-0.3, -0.25) is 4.79 Å². The Morgan fingerprint density at radius 3 is 2.64 bits per heavy atom. The topological polar surface area (TPSA) is 44.4 Å². The molecule has 2 fully saturated rings. The van der Waals surface area contributed by atoms with E-state index < -0.39 is 0 Å². The summed E-state index contributed by atoms with van der Waals surface area (Å²) >= 11 is 0. The van der Waals surface area contributed by atoms with E-state index in [-0.39, 0.29) is 5.91 Å². The maximum atomic E-state index is 12.4. The van der Waals surface area contributed by atoms with Gasteiger partial charge in [-0.25, -0.2) is 0 Å². The molecular formula is C18H27N3O. The van der Waals surface area contributed by atoms with E-state index in [2.05, 4.69) is 27.7 Å². The van der Waals surface area contributed by atoms with Crippen molar-refractivity contribution < 1.29 is 4.79 Å². The number of hydrogen-bond acceptors (Lipinski definition) is 3. The molecule has 0 aromatic heterocycles. The third kappa shape index (κ3) is 4.01. The zero-order valence-electron chi connectivity index (χ0n) is 13.3. The van der Waals surface area contributed by atoms with Gasteiger partial charge in [0.25, 0.3) is 0 Å². The number of para-hydroxylation sites is 2. The molecule has 3 rings (SSSR count). The summed E-state index contributed by atoms with van der Waals surface area (Å²) < 4.78 is 0. The summed E-state index contributed by atoms with van der Waals surface area (Å²) in [5, 5.41) is 6.51.